The zero-order valence-corrected chi connectivity index (χ0v) is 16.9. The van der Waals surface area contributed by atoms with Gasteiger partial charge < -0.3 is 13.9 Å². The number of ether oxygens (including phenoxy) is 2. The monoisotopic (exact) mass is 422 g/mol. The molecule has 2 heterocycles. The van der Waals surface area contributed by atoms with Gasteiger partial charge in [0.05, 0.1) is 18.3 Å². The first kappa shape index (κ1) is 20.8. The van der Waals surface area contributed by atoms with Gasteiger partial charge in [-0.1, -0.05) is 30.3 Å². The van der Waals surface area contributed by atoms with Gasteiger partial charge in [-0.25, -0.2) is 0 Å². The number of furan rings is 1. The first-order valence-corrected chi connectivity index (χ1v) is 9.86. The van der Waals surface area contributed by atoms with Gasteiger partial charge in [0.2, 0.25) is 0 Å². The Hall–Kier alpha value is -3.49. The van der Waals surface area contributed by atoms with Crippen LogP contribution < -0.4 is 0 Å². The summed E-state index contributed by atoms with van der Waals surface area (Å²) in [5.74, 6) is -0.447. The van der Waals surface area contributed by atoms with Gasteiger partial charge in [-0.2, -0.15) is 0 Å². The summed E-state index contributed by atoms with van der Waals surface area (Å²) in [5, 5.41) is 11.1. The Kier molecular flexibility index (Phi) is 6.11. The van der Waals surface area contributed by atoms with Crippen LogP contribution >= 0.6 is 0 Å². The summed E-state index contributed by atoms with van der Waals surface area (Å²) >= 11 is 0. The SMILES string of the molecule is COC(=O)[C@H]1CN(Cc2ccccc2)C(c2ccc([N+](=O)[O-])cc2)O[C@H]1c1ccco1. The van der Waals surface area contributed by atoms with E-state index in [-0.39, 0.29) is 11.7 Å². The number of hydrogen-bond acceptors (Lipinski definition) is 7. The standard InChI is InChI=1S/C23H22N2O6/c1-29-23(26)19-15-24(14-16-6-3-2-4-7-16)22(31-21(19)20-8-5-13-30-20)17-9-11-18(12-10-17)25(27)28/h2-13,19,21-22H,14-15H2,1H3/t19-,21+,22?/m0/s1. The van der Waals surface area contributed by atoms with Crippen LogP contribution in [0.4, 0.5) is 5.69 Å². The highest BCUT2D eigenvalue weighted by Gasteiger charge is 2.43. The van der Waals surface area contributed by atoms with E-state index in [2.05, 4.69) is 0 Å². The molecule has 0 saturated carbocycles. The fourth-order valence-electron chi connectivity index (χ4n) is 3.85. The molecule has 160 valence electrons. The Balaban J connectivity index is 1.70. The first-order chi connectivity index (χ1) is 15.1. The van der Waals surface area contributed by atoms with Gasteiger partial charge in [0, 0.05) is 25.2 Å². The maximum Gasteiger partial charge on any atom is 0.313 e. The molecule has 8 heteroatoms. The van der Waals surface area contributed by atoms with E-state index in [0.717, 1.165) is 11.1 Å². The average molecular weight is 422 g/mol. The lowest BCUT2D eigenvalue weighted by molar-refractivity contribution is -0.384. The molecular formula is C23H22N2O6. The highest BCUT2D eigenvalue weighted by molar-refractivity contribution is 5.73. The predicted octanol–water partition coefficient (Wildman–Crippen LogP) is 4.25. The molecule has 1 aliphatic rings. The maximum atomic E-state index is 12.6. The molecular weight excluding hydrogens is 400 g/mol. The Labute approximate surface area is 179 Å². The second-order valence-corrected chi connectivity index (χ2v) is 7.32. The molecule has 0 aliphatic carbocycles. The summed E-state index contributed by atoms with van der Waals surface area (Å²) in [6.07, 6.45) is 0.358. The molecule has 0 bridgehead atoms. The van der Waals surface area contributed by atoms with E-state index in [4.69, 9.17) is 13.9 Å². The lowest BCUT2D eigenvalue weighted by Crippen LogP contribution is -2.46. The second-order valence-electron chi connectivity index (χ2n) is 7.32. The van der Waals surface area contributed by atoms with Crippen LogP contribution in [0.5, 0.6) is 0 Å². The number of nitro benzene ring substituents is 1. The van der Waals surface area contributed by atoms with Gasteiger partial charge in [0.1, 0.15) is 24.0 Å². The lowest BCUT2D eigenvalue weighted by atomic mass is 9.95. The average Bonchev–Trinajstić information content (AvgIpc) is 3.34. The number of methoxy groups -OCH3 is 1. The molecule has 0 spiro atoms. The van der Waals surface area contributed by atoms with Crippen LogP contribution in [-0.2, 0) is 20.8 Å². The quantitative estimate of drug-likeness (QED) is 0.333. The van der Waals surface area contributed by atoms with Crippen molar-refractivity contribution in [2.24, 2.45) is 5.92 Å². The van der Waals surface area contributed by atoms with Crippen LogP contribution in [0.3, 0.4) is 0 Å². The van der Waals surface area contributed by atoms with Crippen molar-refractivity contribution in [3.63, 3.8) is 0 Å². The van der Waals surface area contributed by atoms with E-state index in [9.17, 15) is 14.9 Å². The van der Waals surface area contributed by atoms with E-state index in [1.165, 1.54) is 25.5 Å². The van der Waals surface area contributed by atoms with Crippen LogP contribution in [0.2, 0.25) is 0 Å². The third-order valence-electron chi connectivity index (χ3n) is 5.35. The van der Waals surface area contributed by atoms with Gasteiger partial charge in [0.25, 0.3) is 5.69 Å². The second kappa shape index (κ2) is 9.11. The van der Waals surface area contributed by atoms with Crippen molar-refractivity contribution < 1.29 is 23.6 Å². The van der Waals surface area contributed by atoms with Crippen molar-refractivity contribution in [2.75, 3.05) is 13.7 Å². The number of hydrogen-bond donors (Lipinski definition) is 0. The van der Waals surface area contributed by atoms with Crippen LogP contribution in [0, 0.1) is 16.0 Å². The van der Waals surface area contributed by atoms with E-state index >= 15 is 0 Å². The Morgan fingerprint density at radius 3 is 2.48 bits per heavy atom. The molecule has 31 heavy (non-hydrogen) atoms. The summed E-state index contributed by atoms with van der Waals surface area (Å²) in [4.78, 5) is 25.2. The summed E-state index contributed by atoms with van der Waals surface area (Å²) in [6, 6.07) is 19.6. The van der Waals surface area contributed by atoms with Crippen molar-refractivity contribution >= 4 is 11.7 Å². The van der Waals surface area contributed by atoms with Crippen LogP contribution in [-0.4, -0.2) is 29.4 Å². The Morgan fingerprint density at radius 1 is 1.13 bits per heavy atom. The van der Waals surface area contributed by atoms with E-state index in [1.807, 2.05) is 35.2 Å². The van der Waals surface area contributed by atoms with Crippen molar-refractivity contribution in [3.05, 3.63) is 100.0 Å². The summed E-state index contributed by atoms with van der Waals surface area (Å²) in [7, 11) is 1.35. The molecule has 0 radical (unpaired) electrons. The zero-order chi connectivity index (χ0) is 21.8. The first-order valence-electron chi connectivity index (χ1n) is 9.86. The van der Waals surface area contributed by atoms with Crippen LogP contribution in [0.1, 0.15) is 29.2 Å². The van der Waals surface area contributed by atoms with Gasteiger partial charge in [-0.05, 0) is 35.4 Å². The normalized spacial score (nSPS) is 21.5. The Bertz CT molecular complexity index is 1020. The Morgan fingerprint density at radius 2 is 1.87 bits per heavy atom. The molecule has 4 rings (SSSR count). The number of benzene rings is 2. The van der Waals surface area contributed by atoms with Gasteiger partial charge in [0.15, 0.2) is 0 Å². The van der Waals surface area contributed by atoms with E-state index in [1.54, 1.807) is 24.3 Å². The number of non-ortho nitro benzene ring substituents is 1. The number of esters is 1. The summed E-state index contributed by atoms with van der Waals surface area (Å²) in [6.45, 7) is 0.898. The lowest BCUT2D eigenvalue weighted by Gasteiger charge is -2.42. The van der Waals surface area contributed by atoms with Crippen molar-refractivity contribution in [3.8, 4) is 0 Å². The third-order valence-corrected chi connectivity index (χ3v) is 5.35. The molecule has 1 aromatic heterocycles. The maximum absolute atomic E-state index is 12.6. The number of nitro groups is 1. The molecule has 3 aromatic rings. The molecule has 1 fully saturated rings. The van der Waals surface area contributed by atoms with Crippen LogP contribution in [0.25, 0.3) is 0 Å². The molecule has 0 amide bonds. The molecule has 1 saturated heterocycles. The van der Waals surface area contributed by atoms with Crippen molar-refractivity contribution in [1.29, 1.82) is 0 Å². The summed E-state index contributed by atoms with van der Waals surface area (Å²) < 4.78 is 17.0. The van der Waals surface area contributed by atoms with Gasteiger partial charge >= 0.3 is 5.97 Å². The van der Waals surface area contributed by atoms with Crippen molar-refractivity contribution in [2.45, 2.75) is 18.9 Å². The highest BCUT2D eigenvalue weighted by atomic mass is 16.6. The minimum atomic E-state index is -0.644. The van der Waals surface area contributed by atoms with Crippen molar-refractivity contribution in [1.82, 2.24) is 4.90 Å². The van der Waals surface area contributed by atoms with Gasteiger partial charge in [-0.15, -0.1) is 0 Å². The van der Waals surface area contributed by atoms with E-state index in [0.29, 0.717) is 18.8 Å². The van der Waals surface area contributed by atoms with Gasteiger partial charge in [-0.3, -0.25) is 19.8 Å². The number of rotatable bonds is 6. The third kappa shape index (κ3) is 4.50. The number of carbonyl (C=O) groups excluding carboxylic acids is 1. The molecule has 1 unspecified atom stereocenters. The molecule has 0 N–H and O–H groups in total. The molecule has 1 aliphatic heterocycles. The highest BCUT2D eigenvalue weighted by Crippen LogP contribution is 2.41. The summed E-state index contributed by atoms with van der Waals surface area (Å²) in [5.41, 5.74) is 1.81. The van der Waals surface area contributed by atoms with Crippen LogP contribution in [0.15, 0.2) is 77.4 Å². The molecule has 8 nitrogen and oxygen atoms in total. The minimum absolute atomic E-state index is 0.00388. The molecule has 2 aromatic carbocycles. The smallest absolute Gasteiger partial charge is 0.313 e. The van der Waals surface area contributed by atoms with E-state index < -0.39 is 23.2 Å². The topological polar surface area (TPSA) is 95.0 Å². The minimum Gasteiger partial charge on any atom is -0.469 e. The predicted molar refractivity (Wildman–Crippen MR) is 111 cm³/mol. The number of carbonyl (C=O) groups is 1. The number of nitrogens with zero attached hydrogens (tertiary/aromatic N) is 2. The largest absolute Gasteiger partial charge is 0.469 e. The molecule has 3 atom stereocenters. The fourth-order valence-corrected chi connectivity index (χ4v) is 3.85. The fraction of sp³-hybridized carbons (Fsp3) is 0.261. The zero-order valence-electron chi connectivity index (χ0n) is 16.9.